The van der Waals surface area contributed by atoms with Gasteiger partial charge < -0.3 is 5.32 Å². The fourth-order valence-electron chi connectivity index (χ4n) is 2.97. The Kier molecular flexibility index (Phi) is 4.13. The molecule has 0 saturated heterocycles. The molecule has 3 rings (SSSR count). The van der Waals surface area contributed by atoms with Crippen LogP contribution in [0.25, 0.3) is 0 Å². The minimum atomic E-state index is -0.113. The van der Waals surface area contributed by atoms with Crippen LogP contribution < -0.4 is 5.32 Å². The Hall–Kier alpha value is -1.58. The number of fused-ring (bicyclic) bond motifs is 1. The summed E-state index contributed by atoms with van der Waals surface area (Å²) in [5.41, 5.74) is 2.48. The highest BCUT2D eigenvalue weighted by Gasteiger charge is 2.30. The quantitative estimate of drug-likeness (QED) is 0.847. The highest BCUT2D eigenvalue weighted by atomic mass is 35.5. The van der Waals surface area contributed by atoms with Gasteiger partial charge in [0.05, 0.1) is 0 Å². The standard InChI is InChI=1S/C17H16ClNOS/c1-2-17(20)19-11-9-14(12-5-3-4-6-15(12)18)13-7-8-21-16(13)10-11/h2-8,11,14H,1,9-10H2,(H,19,20)/t11-,14-/m1/s1. The lowest BCUT2D eigenvalue weighted by Gasteiger charge is -2.30. The van der Waals surface area contributed by atoms with Gasteiger partial charge in [-0.2, -0.15) is 0 Å². The number of amides is 1. The largest absolute Gasteiger partial charge is 0.349 e. The summed E-state index contributed by atoms with van der Waals surface area (Å²) in [5, 5.41) is 5.93. The maximum atomic E-state index is 11.6. The van der Waals surface area contributed by atoms with Gasteiger partial charge in [-0.3, -0.25) is 4.79 Å². The first kappa shape index (κ1) is 14.4. The second-order valence-electron chi connectivity index (χ2n) is 5.22. The molecule has 2 nitrogen and oxygen atoms in total. The monoisotopic (exact) mass is 317 g/mol. The van der Waals surface area contributed by atoms with Gasteiger partial charge in [-0.05, 0) is 41.1 Å². The van der Waals surface area contributed by atoms with Crippen molar-refractivity contribution < 1.29 is 4.79 Å². The molecule has 0 fully saturated rings. The van der Waals surface area contributed by atoms with Crippen molar-refractivity contribution in [1.29, 1.82) is 0 Å². The molecular weight excluding hydrogens is 302 g/mol. The van der Waals surface area contributed by atoms with E-state index in [0.29, 0.717) is 0 Å². The van der Waals surface area contributed by atoms with Gasteiger partial charge >= 0.3 is 0 Å². The van der Waals surface area contributed by atoms with E-state index in [1.54, 1.807) is 11.3 Å². The Labute approximate surface area is 133 Å². The molecule has 1 aromatic heterocycles. The summed E-state index contributed by atoms with van der Waals surface area (Å²) < 4.78 is 0. The molecule has 1 aliphatic rings. The zero-order valence-corrected chi connectivity index (χ0v) is 13.1. The average molecular weight is 318 g/mol. The van der Waals surface area contributed by atoms with E-state index in [0.717, 1.165) is 23.4 Å². The second kappa shape index (κ2) is 6.04. The van der Waals surface area contributed by atoms with Crippen LogP contribution in [0.4, 0.5) is 0 Å². The molecule has 2 aromatic rings. The van der Waals surface area contributed by atoms with Crippen molar-refractivity contribution >= 4 is 28.8 Å². The molecule has 0 aliphatic heterocycles. The van der Waals surface area contributed by atoms with Gasteiger partial charge in [0, 0.05) is 28.3 Å². The Balaban J connectivity index is 1.95. The van der Waals surface area contributed by atoms with Crippen LogP contribution in [0.2, 0.25) is 5.02 Å². The van der Waals surface area contributed by atoms with E-state index in [9.17, 15) is 4.79 Å². The van der Waals surface area contributed by atoms with Crippen LogP contribution in [0.1, 0.15) is 28.3 Å². The number of thiophene rings is 1. The molecule has 0 saturated carbocycles. The van der Waals surface area contributed by atoms with Gasteiger partial charge in [0.15, 0.2) is 0 Å². The summed E-state index contributed by atoms with van der Waals surface area (Å²) in [6.45, 7) is 3.52. The summed E-state index contributed by atoms with van der Waals surface area (Å²) in [4.78, 5) is 12.9. The highest BCUT2D eigenvalue weighted by Crippen LogP contribution is 2.41. The fourth-order valence-corrected chi connectivity index (χ4v) is 4.26. The van der Waals surface area contributed by atoms with Crippen molar-refractivity contribution in [3.8, 4) is 0 Å². The first-order valence-electron chi connectivity index (χ1n) is 6.92. The molecular formula is C17H16ClNOS. The first-order valence-corrected chi connectivity index (χ1v) is 8.18. The average Bonchev–Trinajstić information content (AvgIpc) is 2.95. The Morgan fingerprint density at radius 3 is 2.90 bits per heavy atom. The summed E-state index contributed by atoms with van der Waals surface area (Å²) in [5.74, 6) is 0.127. The van der Waals surface area contributed by atoms with Crippen LogP contribution >= 0.6 is 22.9 Å². The minimum Gasteiger partial charge on any atom is -0.349 e. The fraction of sp³-hybridized carbons (Fsp3) is 0.235. The van der Waals surface area contributed by atoms with Gasteiger partial charge in [0.1, 0.15) is 0 Å². The molecule has 1 aliphatic carbocycles. The number of carbonyl (C=O) groups excluding carboxylic acids is 1. The number of benzene rings is 1. The van der Waals surface area contributed by atoms with Gasteiger partial charge in [-0.15, -0.1) is 11.3 Å². The number of rotatable bonds is 3. The lowest BCUT2D eigenvalue weighted by molar-refractivity contribution is -0.117. The van der Waals surface area contributed by atoms with Crippen LogP contribution in [-0.4, -0.2) is 11.9 Å². The number of hydrogen-bond donors (Lipinski definition) is 1. The lowest BCUT2D eigenvalue weighted by atomic mass is 9.80. The molecule has 0 unspecified atom stereocenters. The number of carbonyl (C=O) groups is 1. The molecule has 0 bridgehead atoms. The summed E-state index contributed by atoms with van der Waals surface area (Å²) in [6, 6.07) is 10.3. The number of nitrogens with one attached hydrogen (secondary N) is 1. The van der Waals surface area contributed by atoms with E-state index < -0.39 is 0 Å². The Morgan fingerprint density at radius 1 is 1.33 bits per heavy atom. The Morgan fingerprint density at radius 2 is 2.14 bits per heavy atom. The van der Waals surface area contributed by atoms with Crippen LogP contribution in [0, 0.1) is 0 Å². The normalized spacial score (nSPS) is 20.6. The number of hydrogen-bond acceptors (Lipinski definition) is 2. The van der Waals surface area contributed by atoms with Crippen LogP contribution in [0.15, 0.2) is 48.4 Å². The first-order chi connectivity index (χ1) is 10.2. The van der Waals surface area contributed by atoms with Crippen molar-refractivity contribution in [3.05, 3.63) is 69.4 Å². The molecule has 1 N–H and O–H groups in total. The molecule has 1 aromatic carbocycles. The van der Waals surface area contributed by atoms with E-state index in [-0.39, 0.29) is 17.9 Å². The van der Waals surface area contributed by atoms with Gasteiger partial charge in [-0.25, -0.2) is 0 Å². The zero-order valence-electron chi connectivity index (χ0n) is 11.5. The molecule has 21 heavy (non-hydrogen) atoms. The van der Waals surface area contributed by atoms with Crippen molar-refractivity contribution in [2.24, 2.45) is 0 Å². The molecule has 1 heterocycles. The maximum Gasteiger partial charge on any atom is 0.243 e. The molecule has 0 spiro atoms. The number of halogens is 1. The zero-order chi connectivity index (χ0) is 14.8. The summed E-state index contributed by atoms with van der Waals surface area (Å²) in [7, 11) is 0. The SMILES string of the molecule is C=CC(=O)N[C@H]1Cc2sccc2[C@@H](c2ccccc2Cl)C1. The van der Waals surface area contributed by atoms with E-state index in [4.69, 9.17) is 11.6 Å². The van der Waals surface area contributed by atoms with E-state index >= 15 is 0 Å². The molecule has 108 valence electrons. The maximum absolute atomic E-state index is 11.6. The Bertz CT molecular complexity index is 679. The van der Waals surface area contributed by atoms with Gasteiger partial charge in [0.25, 0.3) is 0 Å². The third-order valence-electron chi connectivity index (χ3n) is 3.92. The van der Waals surface area contributed by atoms with Crippen molar-refractivity contribution in [2.45, 2.75) is 24.8 Å². The third-order valence-corrected chi connectivity index (χ3v) is 5.22. The minimum absolute atomic E-state index is 0.113. The topological polar surface area (TPSA) is 29.1 Å². The van der Waals surface area contributed by atoms with Crippen LogP contribution in [0.3, 0.4) is 0 Å². The molecule has 0 radical (unpaired) electrons. The molecule has 2 atom stereocenters. The third kappa shape index (κ3) is 2.89. The van der Waals surface area contributed by atoms with E-state index in [1.165, 1.54) is 16.5 Å². The van der Waals surface area contributed by atoms with Crippen LogP contribution in [-0.2, 0) is 11.2 Å². The van der Waals surface area contributed by atoms with Crippen molar-refractivity contribution in [2.75, 3.05) is 0 Å². The summed E-state index contributed by atoms with van der Waals surface area (Å²) >= 11 is 8.12. The lowest BCUT2D eigenvalue weighted by Crippen LogP contribution is -2.38. The molecule has 4 heteroatoms. The van der Waals surface area contributed by atoms with Gasteiger partial charge in [0.2, 0.25) is 5.91 Å². The summed E-state index contributed by atoms with van der Waals surface area (Å²) in [6.07, 6.45) is 3.08. The van der Waals surface area contributed by atoms with Crippen molar-refractivity contribution in [1.82, 2.24) is 5.32 Å². The molecule has 1 amide bonds. The predicted octanol–water partition coefficient (Wildman–Crippen LogP) is 4.15. The predicted molar refractivity (Wildman–Crippen MR) is 88.1 cm³/mol. The van der Waals surface area contributed by atoms with Gasteiger partial charge in [-0.1, -0.05) is 36.4 Å². The smallest absolute Gasteiger partial charge is 0.243 e. The van der Waals surface area contributed by atoms with E-state index in [2.05, 4.69) is 29.4 Å². The van der Waals surface area contributed by atoms with Crippen molar-refractivity contribution in [3.63, 3.8) is 0 Å². The van der Waals surface area contributed by atoms with E-state index in [1.807, 2.05) is 18.2 Å². The second-order valence-corrected chi connectivity index (χ2v) is 6.63. The highest BCUT2D eigenvalue weighted by molar-refractivity contribution is 7.10. The van der Waals surface area contributed by atoms with Crippen LogP contribution in [0.5, 0.6) is 0 Å².